The van der Waals surface area contributed by atoms with Gasteiger partial charge in [-0.15, -0.1) is 22.7 Å². The van der Waals surface area contributed by atoms with Crippen molar-refractivity contribution in [2.75, 3.05) is 13.6 Å². The molecular weight excluding hydrogens is 348 g/mol. The first-order chi connectivity index (χ1) is 9.95. The van der Waals surface area contributed by atoms with Crippen LogP contribution in [0.3, 0.4) is 0 Å². The van der Waals surface area contributed by atoms with Crippen LogP contribution < -0.4 is 5.32 Å². The van der Waals surface area contributed by atoms with Crippen molar-refractivity contribution in [3.05, 3.63) is 37.7 Å². The van der Waals surface area contributed by atoms with Crippen LogP contribution in [0.2, 0.25) is 4.34 Å². The summed E-state index contributed by atoms with van der Waals surface area (Å²) < 4.78 is 27.4. The maximum atomic E-state index is 12.7. The Morgan fingerprint density at radius 2 is 2.10 bits per heavy atom. The highest BCUT2D eigenvalue weighted by Crippen LogP contribution is 2.27. The molecular formula is C13H17ClN2O2S3. The number of nitrogens with zero attached hydrogens (tertiary/aromatic N) is 1. The van der Waals surface area contributed by atoms with Gasteiger partial charge in [-0.25, -0.2) is 8.42 Å². The molecule has 21 heavy (non-hydrogen) atoms. The second-order valence-electron chi connectivity index (χ2n) is 4.46. The number of rotatable bonds is 7. The van der Waals surface area contributed by atoms with Gasteiger partial charge in [-0.2, -0.15) is 4.31 Å². The summed E-state index contributed by atoms with van der Waals surface area (Å²) in [6.45, 7) is 3.70. The van der Waals surface area contributed by atoms with Crippen molar-refractivity contribution < 1.29 is 8.42 Å². The molecule has 0 unspecified atom stereocenters. The van der Waals surface area contributed by atoms with Gasteiger partial charge >= 0.3 is 0 Å². The van der Waals surface area contributed by atoms with Gasteiger partial charge in [0.15, 0.2) is 0 Å². The molecule has 2 aromatic rings. The number of nitrogens with one attached hydrogen (secondary N) is 1. The van der Waals surface area contributed by atoms with Crippen molar-refractivity contribution in [1.82, 2.24) is 9.62 Å². The van der Waals surface area contributed by atoms with Gasteiger partial charge in [0.05, 0.1) is 9.23 Å². The van der Waals surface area contributed by atoms with Crippen LogP contribution in [0.4, 0.5) is 0 Å². The number of thiophene rings is 2. The number of hydrogen-bond acceptors (Lipinski definition) is 5. The number of halogens is 1. The normalized spacial score (nSPS) is 12.2. The second-order valence-corrected chi connectivity index (χ2v) is 9.27. The minimum absolute atomic E-state index is 0.330. The van der Waals surface area contributed by atoms with Crippen LogP contribution >= 0.6 is 34.3 Å². The molecule has 8 heteroatoms. The standard InChI is InChI=1S/C13H17ClN2O2S3/c1-3-15-8-11-12(6-7-19-11)21(17,18)16(2)9-10-4-5-13(14)20-10/h4-7,15H,3,8-9H2,1-2H3. The van der Waals surface area contributed by atoms with Crippen molar-refractivity contribution in [2.24, 2.45) is 0 Å². The molecule has 0 atom stereocenters. The first-order valence-electron chi connectivity index (χ1n) is 6.42. The molecule has 0 radical (unpaired) electrons. The summed E-state index contributed by atoms with van der Waals surface area (Å²) in [6.07, 6.45) is 0. The van der Waals surface area contributed by atoms with Gasteiger partial charge in [-0.1, -0.05) is 18.5 Å². The van der Waals surface area contributed by atoms with Gasteiger partial charge in [-0.3, -0.25) is 0 Å². The van der Waals surface area contributed by atoms with E-state index in [4.69, 9.17) is 11.6 Å². The van der Waals surface area contributed by atoms with Crippen LogP contribution in [0, 0.1) is 0 Å². The first-order valence-corrected chi connectivity index (χ1v) is 9.94. The molecule has 0 aliphatic carbocycles. The molecule has 0 aromatic carbocycles. The molecule has 0 saturated carbocycles. The van der Waals surface area contributed by atoms with E-state index in [2.05, 4.69) is 5.32 Å². The van der Waals surface area contributed by atoms with E-state index >= 15 is 0 Å². The fraction of sp³-hybridized carbons (Fsp3) is 0.385. The van der Waals surface area contributed by atoms with Crippen LogP contribution in [0.1, 0.15) is 16.7 Å². The van der Waals surface area contributed by atoms with E-state index in [1.54, 1.807) is 19.2 Å². The van der Waals surface area contributed by atoms with Crippen molar-refractivity contribution in [3.8, 4) is 0 Å². The fourth-order valence-electron chi connectivity index (χ4n) is 1.84. The van der Waals surface area contributed by atoms with Crippen LogP contribution in [0.15, 0.2) is 28.5 Å². The third kappa shape index (κ3) is 4.06. The van der Waals surface area contributed by atoms with Crippen LogP contribution in [0.5, 0.6) is 0 Å². The zero-order valence-electron chi connectivity index (χ0n) is 11.8. The molecule has 116 valence electrons. The van der Waals surface area contributed by atoms with Crippen LogP contribution in [0.25, 0.3) is 0 Å². The Morgan fingerprint density at radius 3 is 2.71 bits per heavy atom. The van der Waals surface area contributed by atoms with Gasteiger partial charge in [0, 0.05) is 29.9 Å². The molecule has 0 fully saturated rings. The summed E-state index contributed by atoms with van der Waals surface area (Å²) in [5, 5.41) is 4.98. The largest absolute Gasteiger partial charge is 0.312 e. The Labute approximate surface area is 138 Å². The summed E-state index contributed by atoms with van der Waals surface area (Å²) in [4.78, 5) is 2.15. The zero-order valence-corrected chi connectivity index (χ0v) is 15.0. The Hall–Kier alpha value is -0.440. The van der Waals surface area contributed by atoms with Crippen molar-refractivity contribution in [2.45, 2.75) is 24.9 Å². The molecule has 0 aliphatic rings. The minimum atomic E-state index is -3.48. The quantitative estimate of drug-likeness (QED) is 0.819. The second kappa shape index (κ2) is 7.21. The fourth-order valence-corrected chi connectivity index (χ4v) is 5.59. The number of sulfonamides is 1. The van der Waals surface area contributed by atoms with Crippen LogP contribution in [-0.4, -0.2) is 26.3 Å². The smallest absolute Gasteiger partial charge is 0.244 e. The molecule has 0 spiro atoms. The molecule has 2 heterocycles. The number of hydrogen-bond donors (Lipinski definition) is 1. The Morgan fingerprint density at radius 1 is 1.33 bits per heavy atom. The lowest BCUT2D eigenvalue weighted by Crippen LogP contribution is -2.27. The topological polar surface area (TPSA) is 49.4 Å². The predicted octanol–water partition coefficient (Wildman–Crippen LogP) is 3.39. The van der Waals surface area contributed by atoms with E-state index in [0.717, 1.165) is 16.3 Å². The highest BCUT2D eigenvalue weighted by atomic mass is 35.5. The van der Waals surface area contributed by atoms with Crippen LogP contribution in [-0.2, 0) is 23.1 Å². The predicted molar refractivity (Wildman–Crippen MR) is 89.7 cm³/mol. The Kier molecular flexibility index (Phi) is 5.81. The maximum Gasteiger partial charge on any atom is 0.244 e. The van der Waals surface area contributed by atoms with E-state index in [1.165, 1.54) is 27.0 Å². The summed E-state index contributed by atoms with van der Waals surface area (Å²) in [7, 11) is -1.88. The van der Waals surface area contributed by atoms with E-state index in [1.807, 2.05) is 18.4 Å². The SMILES string of the molecule is CCNCc1sccc1S(=O)(=O)N(C)Cc1ccc(Cl)s1. The summed E-state index contributed by atoms with van der Waals surface area (Å²) in [6, 6.07) is 5.31. The lowest BCUT2D eigenvalue weighted by Gasteiger charge is -2.16. The van der Waals surface area contributed by atoms with Gasteiger partial charge in [-0.05, 0) is 30.1 Å². The average Bonchev–Trinajstić information content (AvgIpc) is 3.05. The Balaban J connectivity index is 2.19. The van der Waals surface area contributed by atoms with Gasteiger partial charge in [0.1, 0.15) is 0 Å². The first kappa shape index (κ1) is 16.9. The third-order valence-corrected chi connectivity index (χ3v) is 7.09. The molecule has 2 rings (SSSR count). The lowest BCUT2D eigenvalue weighted by atomic mass is 10.4. The highest BCUT2D eigenvalue weighted by molar-refractivity contribution is 7.89. The molecule has 0 amide bonds. The summed E-state index contributed by atoms with van der Waals surface area (Å²) >= 11 is 8.74. The molecule has 4 nitrogen and oxygen atoms in total. The molecule has 0 bridgehead atoms. The Bertz CT molecular complexity index is 694. The maximum absolute atomic E-state index is 12.7. The van der Waals surface area contributed by atoms with Crippen molar-refractivity contribution in [3.63, 3.8) is 0 Å². The monoisotopic (exact) mass is 364 g/mol. The summed E-state index contributed by atoms with van der Waals surface area (Å²) in [5.74, 6) is 0. The molecule has 2 aromatic heterocycles. The molecule has 1 N–H and O–H groups in total. The van der Waals surface area contributed by atoms with E-state index in [-0.39, 0.29) is 0 Å². The van der Waals surface area contributed by atoms with E-state index < -0.39 is 10.0 Å². The molecule has 0 saturated heterocycles. The lowest BCUT2D eigenvalue weighted by molar-refractivity contribution is 0.469. The average molecular weight is 365 g/mol. The summed E-state index contributed by atoms with van der Waals surface area (Å²) in [5.41, 5.74) is 0. The minimum Gasteiger partial charge on any atom is -0.312 e. The third-order valence-electron chi connectivity index (χ3n) is 2.94. The van der Waals surface area contributed by atoms with E-state index in [9.17, 15) is 8.42 Å². The van der Waals surface area contributed by atoms with Gasteiger partial charge < -0.3 is 5.32 Å². The highest BCUT2D eigenvalue weighted by Gasteiger charge is 2.25. The zero-order chi connectivity index (χ0) is 15.5. The molecule has 0 aliphatic heterocycles. The van der Waals surface area contributed by atoms with E-state index in [0.29, 0.717) is 22.3 Å². The van der Waals surface area contributed by atoms with Crippen molar-refractivity contribution in [1.29, 1.82) is 0 Å². The van der Waals surface area contributed by atoms with Gasteiger partial charge in [0.25, 0.3) is 0 Å². The van der Waals surface area contributed by atoms with Gasteiger partial charge in [0.2, 0.25) is 10.0 Å². The van der Waals surface area contributed by atoms with Crippen molar-refractivity contribution >= 4 is 44.3 Å².